The maximum atomic E-state index is 11.2. The van der Waals surface area contributed by atoms with Crippen molar-refractivity contribution in [2.45, 2.75) is 6.92 Å². The second-order valence-corrected chi connectivity index (χ2v) is 5.13. The van der Waals surface area contributed by atoms with Crippen LogP contribution < -0.4 is 5.32 Å². The normalized spacial score (nSPS) is 12.1. The van der Waals surface area contributed by atoms with Gasteiger partial charge >= 0.3 is 0 Å². The molecule has 1 rings (SSSR count). The van der Waals surface area contributed by atoms with E-state index in [2.05, 4.69) is 15.3 Å². The maximum Gasteiger partial charge on any atom is 0.156 e. The van der Waals surface area contributed by atoms with Crippen molar-refractivity contribution in [3.05, 3.63) is 17.0 Å². The Morgan fingerprint density at radius 3 is 2.94 bits per heavy atom. The Bertz CT molecular complexity index is 400. The number of nitrogens with one attached hydrogen (secondary N) is 1. The van der Waals surface area contributed by atoms with E-state index in [0.717, 1.165) is 0 Å². The molecule has 0 aliphatic rings. The zero-order valence-corrected chi connectivity index (χ0v) is 10.3. The van der Waals surface area contributed by atoms with Crippen LogP contribution in [0.25, 0.3) is 0 Å². The van der Waals surface area contributed by atoms with Gasteiger partial charge in [0, 0.05) is 28.9 Å². The summed E-state index contributed by atoms with van der Waals surface area (Å²) in [6.07, 6.45) is 1.87. The van der Waals surface area contributed by atoms with E-state index in [0.29, 0.717) is 30.2 Å². The highest BCUT2D eigenvalue weighted by molar-refractivity contribution is 7.84. The third-order valence-corrected chi connectivity index (χ3v) is 3.50. The zero-order chi connectivity index (χ0) is 12.0. The van der Waals surface area contributed by atoms with E-state index in [1.54, 1.807) is 0 Å². The number of carbonyl (C=O) groups excluding carboxylic acids is 1. The first-order valence-corrected chi connectivity index (χ1v) is 6.60. The van der Waals surface area contributed by atoms with Gasteiger partial charge in [0.15, 0.2) is 6.29 Å². The number of anilines is 1. The number of rotatable bonds is 6. The topological polar surface area (TPSA) is 72.0 Å². The summed E-state index contributed by atoms with van der Waals surface area (Å²) in [5.41, 5.74) is 0.228. The van der Waals surface area contributed by atoms with Crippen molar-refractivity contribution in [3.8, 4) is 0 Å². The van der Waals surface area contributed by atoms with Gasteiger partial charge in [0.25, 0.3) is 0 Å². The summed E-state index contributed by atoms with van der Waals surface area (Å²) < 4.78 is 11.2. The molecule has 0 radical (unpaired) electrons. The second-order valence-electron chi connectivity index (χ2n) is 2.90. The number of aldehydes is 1. The van der Waals surface area contributed by atoms with Crippen molar-refractivity contribution >= 4 is 34.5 Å². The second kappa shape index (κ2) is 6.55. The van der Waals surface area contributed by atoms with Gasteiger partial charge in [0.1, 0.15) is 17.3 Å². The smallest absolute Gasteiger partial charge is 0.156 e. The first kappa shape index (κ1) is 13.1. The fourth-order valence-corrected chi connectivity index (χ4v) is 1.84. The van der Waals surface area contributed by atoms with Crippen LogP contribution in [-0.2, 0) is 10.8 Å². The third kappa shape index (κ3) is 3.53. The molecule has 5 nitrogen and oxygen atoms in total. The summed E-state index contributed by atoms with van der Waals surface area (Å²) >= 11 is 5.72. The van der Waals surface area contributed by atoms with Crippen LogP contribution in [0.1, 0.15) is 17.3 Å². The van der Waals surface area contributed by atoms with Crippen molar-refractivity contribution < 1.29 is 9.00 Å². The summed E-state index contributed by atoms with van der Waals surface area (Å²) in [6, 6.07) is 0. The Morgan fingerprint density at radius 1 is 1.56 bits per heavy atom. The minimum Gasteiger partial charge on any atom is -0.368 e. The molecule has 0 amide bonds. The lowest BCUT2D eigenvalue weighted by molar-refractivity contribution is 0.112. The number of carbonyl (C=O) groups is 1. The fourth-order valence-electron chi connectivity index (χ4n) is 1.05. The van der Waals surface area contributed by atoms with Crippen LogP contribution in [0.5, 0.6) is 0 Å². The highest BCUT2D eigenvalue weighted by Gasteiger charge is 2.08. The van der Waals surface area contributed by atoms with Crippen molar-refractivity contribution in [2.75, 3.05) is 23.4 Å². The number of hydrogen-bond acceptors (Lipinski definition) is 5. The Kier molecular flexibility index (Phi) is 5.34. The summed E-state index contributed by atoms with van der Waals surface area (Å²) in [6.45, 7) is 2.34. The molecule has 1 unspecified atom stereocenters. The minimum absolute atomic E-state index is 0.115. The molecule has 1 N–H and O–H groups in total. The number of aromatic nitrogens is 2. The summed E-state index contributed by atoms with van der Waals surface area (Å²) in [5.74, 6) is 1.51. The van der Waals surface area contributed by atoms with Crippen molar-refractivity contribution in [3.63, 3.8) is 0 Å². The monoisotopic (exact) mass is 261 g/mol. The van der Waals surface area contributed by atoms with Crippen LogP contribution in [0.2, 0.25) is 5.15 Å². The Balaban J connectivity index is 2.63. The SMILES string of the molecule is CCS(=O)CCNc1ncnc(Cl)c1C=O. The van der Waals surface area contributed by atoms with Crippen molar-refractivity contribution in [1.29, 1.82) is 0 Å². The lowest BCUT2D eigenvalue weighted by Gasteiger charge is -2.07. The molecule has 0 saturated heterocycles. The summed E-state index contributed by atoms with van der Waals surface area (Å²) in [7, 11) is -0.842. The van der Waals surface area contributed by atoms with Crippen LogP contribution >= 0.6 is 11.6 Å². The van der Waals surface area contributed by atoms with Gasteiger partial charge in [0.2, 0.25) is 0 Å². The minimum atomic E-state index is -0.842. The first-order valence-electron chi connectivity index (χ1n) is 4.73. The standard InChI is InChI=1S/C9H12ClN3O2S/c1-2-16(15)4-3-11-9-7(5-14)8(10)12-6-13-9/h5-6H,2-4H2,1H3,(H,11,12,13). The molecule has 0 aromatic carbocycles. The maximum absolute atomic E-state index is 11.2. The molecule has 1 heterocycles. The van der Waals surface area contributed by atoms with Crippen LogP contribution in [0.4, 0.5) is 5.82 Å². The van der Waals surface area contributed by atoms with Crippen molar-refractivity contribution in [2.24, 2.45) is 0 Å². The molecule has 16 heavy (non-hydrogen) atoms. The summed E-state index contributed by atoms with van der Waals surface area (Å²) in [5, 5.41) is 3.03. The van der Waals surface area contributed by atoms with E-state index < -0.39 is 10.8 Å². The molecular weight excluding hydrogens is 250 g/mol. The van der Waals surface area contributed by atoms with Gasteiger partial charge in [-0.1, -0.05) is 18.5 Å². The molecule has 0 bridgehead atoms. The first-order chi connectivity index (χ1) is 7.69. The Hall–Kier alpha value is -1.01. The average Bonchev–Trinajstić information content (AvgIpc) is 2.29. The van der Waals surface area contributed by atoms with Gasteiger partial charge < -0.3 is 5.32 Å². The number of halogens is 1. The molecule has 88 valence electrons. The van der Waals surface area contributed by atoms with E-state index in [1.165, 1.54) is 6.33 Å². The Labute approximate surface area is 101 Å². The highest BCUT2D eigenvalue weighted by atomic mass is 35.5. The van der Waals surface area contributed by atoms with Crippen LogP contribution in [-0.4, -0.2) is 38.5 Å². The third-order valence-electron chi connectivity index (χ3n) is 1.90. The molecule has 0 spiro atoms. The van der Waals surface area contributed by atoms with Gasteiger partial charge in [-0.2, -0.15) is 0 Å². The largest absolute Gasteiger partial charge is 0.368 e. The molecule has 1 atom stereocenters. The van der Waals surface area contributed by atoms with Crippen LogP contribution in [0, 0.1) is 0 Å². The molecule has 7 heteroatoms. The quantitative estimate of drug-likeness (QED) is 0.614. The van der Waals surface area contributed by atoms with Gasteiger partial charge in [-0.25, -0.2) is 9.97 Å². The molecule has 0 aliphatic heterocycles. The molecule has 0 aliphatic carbocycles. The molecular formula is C9H12ClN3O2S. The number of hydrogen-bond donors (Lipinski definition) is 1. The van der Waals surface area contributed by atoms with Gasteiger partial charge in [-0.15, -0.1) is 0 Å². The lowest BCUT2D eigenvalue weighted by Crippen LogP contribution is -2.14. The van der Waals surface area contributed by atoms with E-state index in [-0.39, 0.29) is 10.7 Å². The molecule has 1 aromatic heterocycles. The van der Waals surface area contributed by atoms with Gasteiger partial charge in [0.05, 0.1) is 5.56 Å². The van der Waals surface area contributed by atoms with Crippen molar-refractivity contribution in [1.82, 2.24) is 9.97 Å². The van der Waals surface area contributed by atoms with E-state index in [1.807, 2.05) is 6.92 Å². The summed E-state index contributed by atoms with van der Waals surface area (Å²) in [4.78, 5) is 18.3. The van der Waals surface area contributed by atoms with E-state index >= 15 is 0 Å². The fraction of sp³-hybridized carbons (Fsp3) is 0.444. The van der Waals surface area contributed by atoms with E-state index in [9.17, 15) is 9.00 Å². The van der Waals surface area contributed by atoms with Gasteiger partial charge in [-0.05, 0) is 0 Å². The van der Waals surface area contributed by atoms with Gasteiger partial charge in [-0.3, -0.25) is 9.00 Å². The Morgan fingerprint density at radius 2 is 2.31 bits per heavy atom. The van der Waals surface area contributed by atoms with Crippen LogP contribution in [0.3, 0.4) is 0 Å². The molecule has 1 aromatic rings. The predicted octanol–water partition coefficient (Wildman–Crippen LogP) is 1.12. The molecule has 0 fully saturated rings. The van der Waals surface area contributed by atoms with Crippen LogP contribution in [0.15, 0.2) is 6.33 Å². The number of nitrogens with zero attached hydrogens (tertiary/aromatic N) is 2. The average molecular weight is 262 g/mol. The lowest BCUT2D eigenvalue weighted by atomic mass is 10.3. The highest BCUT2D eigenvalue weighted by Crippen LogP contribution is 2.16. The van der Waals surface area contributed by atoms with E-state index in [4.69, 9.17) is 11.6 Å². The predicted molar refractivity (Wildman–Crippen MR) is 64.5 cm³/mol. The zero-order valence-electron chi connectivity index (χ0n) is 8.77. The molecule has 0 saturated carbocycles.